The summed E-state index contributed by atoms with van der Waals surface area (Å²) in [6.07, 6.45) is 0.479. The Morgan fingerprint density at radius 1 is 0.660 bits per heavy atom. The summed E-state index contributed by atoms with van der Waals surface area (Å²) in [6.45, 7) is 9.17. The molecular weight excluding hydrogens is 825 g/mol. The number of pyridine rings is 2. The van der Waals surface area contributed by atoms with Crippen LogP contribution in [0.25, 0.3) is 66.4 Å². The van der Waals surface area contributed by atoms with Gasteiger partial charge in [-0.1, -0.05) is 132 Å². The molecule has 0 fully saturated rings. The van der Waals surface area contributed by atoms with Crippen molar-refractivity contribution in [3.63, 3.8) is 0 Å². The first-order valence-electron chi connectivity index (χ1n) is 21.0. The average molecular weight is 878 g/mol. The second kappa shape index (κ2) is 15.6. The van der Waals surface area contributed by atoms with E-state index in [-0.39, 0.29) is 25.7 Å². The van der Waals surface area contributed by atoms with Gasteiger partial charge in [0, 0.05) is 47.5 Å². The van der Waals surface area contributed by atoms with Crippen molar-refractivity contribution in [1.82, 2.24) is 9.97 Å². The van der Waals surface area contributed by atoms with Crippen molar-refractivity contribution < 1.29 is 34.1 Å². The molecular formula is C49H46IrN2O-2. The minimum absolute atomic E-state index is 0. The first-order chi connectivity index (χ1) is 27.6. The number of nitrogens with zero attached hydrogens (tertiary/aromatic N) is 2. The standard InChI is InChI=1S/C32H26NO.C17H20N.Ir/c1-32(2,3)19-21-11-13-22(14-12-21)25-15-16-29(33-20-25)27-10-6-9-26-28-17-23-7-4-5-8-24(23)18-30(28)34-31(26)27;1-13-5-8-15(9-6-13)16-10-7-14(12-18-16)11-17(2,3)4;/h4-9,11-18,20H,19H2,1-3H3;5-8,10,12H,11H2,1-4H3;/q2*-1;/i19D2;1D3,11D2;. The van der Waals surface area contributed by atoms with Crippen molar-refractivity contribution in [2.45, 2.75) is 61.1 Å². The molecule has 0 saturated heterocycles. The van der Waals surface area contributed by atoms with Crippen molar-refractivity contribution in [3.05, 3.63) is 156 Å². The molecule has 8 rings (SSSR count). The molecule has 0 unspecified atom stereocenters. The zero-order valence-electron chi connectivity index (χ0n) is 37.8. The molecule has 0 aliphatic heterocycles. The van der Waals surface area contributed by atoms with E-state index in [0.717, 1.165) is 49.7 Å². The van der Waals surface area contributed by atoms with Gasteiger partial charge in [-0.05, 0) is 80.1 Å². The van der Waals surface area contributed by atoms with Crippen LogP contribution in [0, 0.1) is 29.8 Å². The Bertz CT molecular complexity index is 2750. The van der Waals surface area contributed by atoms with Crippen molar-refractivity contribution in [2.24, 2.45) is 10.8 Å². The van der Waals surface area contributed by atoms with E-state index in [1.165, 1.54) is 17.6 Å². The number of hydrogen-bond donors (Lipinski definition) is 0. The minimum Gasteiger partial charge on any atom is -0.501 e. The van der Waals surface area contributed by atoms with E-state index in [2.05, 4.69) is 47.4 Å². The van der Waals surface area contributed by atoms with Gasteiger partial charge < -0.3 is 14.4 Å². The van der Waals surface area contributed by atoms with Crippen molar-refractivity contribution in [3.8, 4) is 33.6 Å². The van der Waals surface area contributed by atoms with E-state index in [1.54, 1.807) is 24.3 Å². The number of fused-ring (bicyclic) bond motifs is 4. The van der Waals surface area contributed by atoms with Gasteiger partial charge in [-0.15, -0.1) is 53.6 Å². The minimum atomic E-state index is -2.14. The monoisotopic (exact) mass is 878 g/mol. The third-order valence-electron chi connectivity index (χ3n) is 8.43. The molecule has 0 spiro atoms. The van der Waals surface area contributed by atoms with Crippen molar-refractivity contribution in [1.29, 1.82) is 0 Å². The van der Waals surface area contributed by atoms with Gasteiger partial charge in [0.15, 0.2) is 0 Å². The van der Waals surface area contributed by atoms with Crippen LogP contribution >= 0.6 is 0 Å². The van der Waals surface area contributed by atoms with E-state index >= 15 is 0 Å². The smallest absolute Gasteiger partial charge is 0.121 e. The summed E-state index contributed by atoms with van der Waals surface area (Å²) in [5.74, 6) is 0. The Labute approximate surface area is 337 Å². The molecule has 3 aromatic heterocycles. The topological polar surface area (TPSA) is 38.9 Å². The molecule has 0 N–H and O–H groups in total. The van der Waals surface area contributed by atoms with Gasteiger partial charge >= 0.3 is 0 Å². The van der Waals surface area contributed by atoms with Crippen LogP contribution in [0.2, 0.25) is 0 Å². The summed E-state index contributed by atoms with van der Waals surface area (Å²) < 4.78 is 61.9. The summed E-state index contributed by atoms with van der Waals surface area (Å²) in [4.78, 5) is 9.05. The molecule has 0 saturated carbocycles. The average Bonchev–Trinajstić information content (AvgIpc) is 3.57. The van der Waals surface area contributed by atoms with Crippen LogP contribution in [0.1, 0.15) is 67.8 Å². The molecule has 0 bridgehead atoms. The Hall–Kier alpha value is -4.89. The number of aryl methyl sites for hydroxylation is 1. The van der Waals surface area contributed by atoms with Crippen LogP contribution in [0.4, 0.5) is 0 Å². The molecule has 0 atom stereocenters. The molecule has 1 radical (unpaired) electrons. The Balaban J connectivity index is 0.000000219. The summed E-state index contributed by atoms with van der Waals surface area (Å²) in [5.41, 5.74) is 7.00. The molecule has 53 heavy (non-hydrogen) atoms. The third-order valence-corrected chi connectivity index (χ3v) is 8.43. The molecule has 3 heterocycles. The molecule has 269 valence electrons. The molecule has 0 aliphatic carbocycles. The van der Waals surface area contributed by atoms with Crippen LogP contribution in [0.5, 0.6) is 0 Å². The summed E-state index contributed by atoms with van der Waals surface area (Å²) >= 11 is 0. The van der Waals surface area contributed by atoms with E-state index in [0.29, 0.717) is 22.4 Å². The Kier molecular flexibility index (Phi) is 8.70. The maximum atomic E-state index is 8.51. The third kappa shape index (κ3) is 9.19. The van der Waals surface area contributed by atoms with Gasteiger partial charge in [0.25, 0.3) is 0 Å². The Morgan fingerprint density at radius 2 is 1.32 bits per heavy atom. The predicted octanol–water partition coefficient (Wildman–Crippen LogP) is 13.3. The number of rotatable bonds is 5. The fourth-order valence-corrected chi connectivity index (χ4v) is 6.15. The van der Waals surface area contributed by atoms with Crippen LogP contribution in [-0.2, 0) is 32.9 Å². The van der Waals surface area contributed by atoms with Crippen molar-refractivity contribution >= 4 is 32.7 Å². The molecule has 4 heteroatoms. The summed E-state index contributed by atoms with van der Waals surface area (Å²) in [7, 11) is 0. The van der Waals surface area contributed by atoms with Gasteiger partial charge in [0.1, 0.15) is 5.58 Å². The maximum absolute atomic E-state index is 8.51. The molecule has 3 nitrogen and oxygen atoms in total. The molecule has 5 aromatic carbocycles. The van der Waals surface area contributed by atoms with E-state index in [1.807, 2.05) is 102 Å². The van der Waals surface area contributed by atoms with Crippen molar-refractivity contribution in [2.75, 3.05) is 0 Å². The second-order valence-electron chi connectivity index (χ2n) is 15.1. The maximum Gasteiger partial charge on any atom is 0.121 e. The summed E-state index contributed by atoms with van der Waals surface area (Å²) in [5, 5.41) is 4.48. The van der Waals surface area contributed by atoms with E-state index in [9.17, 15) is 0 Å². The molecule has 0 amide bonds. The predicted molar refractivity (Wildman–Crippen MR) is 218 cm³/mol. The normalized spacial score (nSPS) is 14.4. The fraction of sp³-hybridized carbons (Fsp3) is 0.224. The van der Waals surface area contributed by atoms with Gasteiger partial charge in [-0.25, -0.2) is 0 Å². The van der Waals surface area contributed by atoms with Crippen LogP contribution < -0.4 is 0 Å². The van der Waals surface area contributed by atoms with Gasteiger partial charge in [-0.3, -0.25) is 0 Å². The fourth-order valence-electron chi connectivity index (χ4n) is 6.15. The van der Waals surface area contributed by atoms with Crippen LogP contribution in [0.3, 0.4) is 0 Å². The van der Waals surface area contributed by atoms with E-state index < -0.39 is 30.4 Å². The van der Waals surface area contributed by atoms with Gasteiger partial charge in [-0.2, -0.15) is 0 Å². The first kappa shape index (κ1) is 29.6. The zero-order valence-corrected chi connectivity index (χ0v) is 33.2. The summed E-state index contributed by atoms with van der Waals surface area (Å²) in [6, 6.07) is 42.7. The first-order valence-corrected chi connectivity index (χ1v) is 17.5. The number of aromatic nitrogens is 2. The number of hydrogen-bond acceptors (Lipinski definition) is 3. The largest absolute Gasteiger partial charge is 0.501 e. The zero-order chi connectivity index (χ0) is 42.5. The second-order valence-corrected chi connectivity index (χ2v) is 15.1. The quantitative estimate of drug-likeness (QED) is 0.162. The molecule has 0 aliphatic rings. The SMILES string of the molecule is [2H]C([2H])([2H])c1c[c-]c(-c2ccc(C([2H])([2H])C(C)(C)C)cn2)cc1.[2H]C([2H])(c1ccc(-c2ccc(-c3[c-]ccc4c3oc3cc5ccccc5cc34)nc2)cc1)C(C)(C)C.[Ir]. The number of furan rings is 1. The van der Waals surface area contributed by atoms with Gasteiger partial charge in [0.2, 0.25) is 0 Å². The molecule has 8 aromatic rings. The van der Waals surface area contributed by atoms with E-state index in [4.69, 9.17) is 19.0 Å². The van der Waals surface area contributed by atoms with Crippen LogP contribution in [0.15, 0.2) is 132 Å². The Morgan fingerprint density at radius 3 is 1.94 bits per heavy atom. The van der Waals surface area contributed by atoms with Gasteiger partial charge in [0.05, 0.1) is 5.58 Å². The van der Waals surface area contributed by atoms with Crippen LogP contribution in [-0.4, -0.2) is 9.97 Å². The number of benzene rings is 5.